The maximum atomic E-state index is 12.0. The van der Waals surface area contributed by atoms with Crippen LogP contribution in [0.3, 0.4) is 0 Å². The molecule has 0 unspecified atom stereocenters. The smallest absolute Gasteiger partial charge is 0.422 e. The van der Waals surface area contributed by atoms with Crippen molar-refractivity contribution in [1.82, 2.24) is 15.5 Å². The van der Waals surface area contributed by atoms with Gasteiger partial charge in [0.1, 0.15) is 0 Å². The van der Waals surface area contributed by atoms with E-state index in [2.05, 4.69) is 25.5 Å². The number of carbonyl (C=O) groups excluding carboxylic acids is 1. The van der Waals surface area contributed by atoms with Crippen molar-refractivity contribution in [2.45, 2.75) is 19.6 Å². The fourth-order valence-electron chi connectivity index (χ4n) is 1.54. The molecule has 7 nitrogen and oxygen atoms in total. The standard InChI is InChI=1S/C13H13F3N4O3/c1-8-4-10(23-20-8)6-18-12(21)19-9-2-3-11(17-5-9)22-7-13(14,15)16/h2-5H,6-7H2,1H3,(H2,18,19,21). The molecule has 0 saturated heterocycles. The highest BCUT2D eigenvalue weighted by molar-refractivity contribution is 5.88. The number of rotatable bonds is 5. The van der Waals surface area contributed by atoms with Crippen LogP contribution in [-0.2, 0) is 6.54 Å². The molecule has 0 radical (unpaired) electrons. The van der Waals surface area contributed by atoms with Crippen LogP contribution >= 0.6 is 0 Å². The van der Waals surface area contributed by atoms with Gasteiger partial charge in [0.05, 0.1) is 24.1 Å². The van der Waals surface area contributed by atoms with Crippen molar-refractivity contribution in [3.8, 4) is 5.88 Å². The Morgan fingerprint density at radius 2 is 2.17 bits per heavy atom. The van der Waals surface area contributed by atoms with Gasteiger partial charge in [0.2, 0.25) is 5.88 Å². The summed E-state index contributed by atoms with van der Waals surface area (Å²) in [5.41, 5.74) is 0.997. The normalized spacial score (nSPS) is 11.1. The van der Waals surface area contributed by atoms with Crippen LogP contribution in [-0.4, -0.2) is 29.0 Å². The zero-order chi connectivity index (χ0) is 16.9. The molecule has 0 aliphatic carbocycles. The second kappa shape index (κ2) is 6.99. The molecule has 0 saturated carbocycles. The van der Waals surface area contributed by atoms with Crippen molar-refractivity contribution in [3.63, 3.8) is 0 Å². The third-order valence-corrected chi connectivity index (χ3v) is 2.48. The second-order valence-corrected chi connectivity index (χ2v) is 4.53. The van der Waals surface area contributed by atoms with Gasteiger partial charge >= 0.3 is 12.2 Å². The van der Waals surface area contributed by atoms with Crippen LogP contribution in [0.25, 0.3) is 0 Å². The molecule has 2 amide bonds. The number of nitrogens with one attached hydrogen (secondary N) is 2. The van der Waals surface area contributed by atoms with E-state index in [1.807, 2.05) is 0 Å². The number of ether oxygens (including phenoxy) is 1. The van der Waals surface area contributed by atoms with Crippen LogP contribution in [0.4, 0.5) is 23.7 Å². The molecule has 0 atom stereocenters. The number of halogens is 3. The minimum atomic E-state index is -4.43. The summed E-state index contributed by atoms with van der Waals surface area (Å²) >= 11 is 0. The summed E-state index contributed by atoms with van der Waals surface area (Å²) in [4.78, 5) is 15.3. The summed E-state index contributed by atoms with van der Waals surface area (Å²) in [6.07, 6.45) is -3.25. The fraction of sp³-hybridized carbons (Fsp3) is 0.308. The number of alkyl halides is 3. The Kier molecular flexibility index (Phi) is 5.04. The van der Waals surface area contributed by atoms with E-state index in [1.165, 1.54) is 18.3 Å². The minimum Gasteiger partial charge on any atom is -0.468 e. The molecule has 2 rings (SSSR count). The van der Waals surface area contributed by atoms with E-state index < -0.39 is 18.8 Å². The fourth-order valence-corrected chi connectivity index (χ4v) is 1.54. The van der Waals surface area contributed by atoms with Gasteiger partial charge in [-0.3, -0.25) is 0 Å². The van der Waals surface area contributed by atoms with Gasteiger partial charge in [-0.2, -0.15) is 13.2 Å². The predicted octanol–water partition coefficient (Wildman–Crippen LogP) is 2.64. The van der Waals surface area contributed by atoms with Crippen molar-refractivity contribution < 1.29 is 27.2 Å². The molecular formula is C13H13F3N4O3. The van der Waals surface area contributed by atoms with Gasteiger partial charge < -0.3 is 19.9 Å². The van der Waals surface area contributed by atoms with Crippen molar-refractivity contribution in [2.24, 2.45) is 0 Å². The number of aryl methyl sites for hydroxylation is 1. The third kappa shape index (κ3) is 5.85. The molecule has 0 bridgehead atoms. The highest BCUT2D eigenvalue weighted by Crippen LogP contribution is 2.18. The summed E-state index contributed by atoms with van der Waals surface area (Å²) in [5, 5.41) is 8.67. The quantitative estimate of drug-likeness (QED) is 0.880. The molecule has 124 valence electrons. The van der Waals surface area contributed by atoms with Crippen molar-refractivity contribution in [1.29, 1.82) is 0 Å². The molecule has 2 N–H and O–H groups in total. The van der Waals surface area contributed by atoms with Crippen LogP contribution in [0.1, 0.15) is 11.5 Å². The number of hydrogen-bond acceptors (Lipinski definition) is 5. The average Bonchev–Trinajstić information content (AvgIpc) is 2.89. The maximum absolute atomic E-state index is 12.0. The lowest BCUT2D eigenvalue weighted by Crippen LogP contribution is -2.28. The van der Waals surface area contributed by atoms with Gasteiger partial charge in [-0.15, -0.1) is 0 Å². The van der Waals surface area contributed by atoms with Gasteiger partial charge in [0, 0.05) is 12.1 Å². The summed E-state index contributed by atoms with van der Waals surface area (Å²) in [6.45, 7) is 0.470. The van der Waals surface area contributed by atoms with E-state index in [-0.39, 0.29) is 12.4 Å². The van der Waals surface area contributed by atoms with Crippen molar-refractivity contribution in [3.05, 3.63) is 35.9 Å². The summed E-state index contributed by atoms with van der Waals surface area (Å²) in [5.74, 6) is 0.303. The molecule has 23 heavy (non-hydrogen) atoms. The van der Waals surface area contributed by atoms with Crippen molar-refractivity contribution in [2.75, 3.05) is 11.9 Å². The Balaban J connectivity index is 1.79. The number of amides is 2. The van der Waals surface area contributed by atoms with Gasteiger partial charge in [0.15, 0.2) is 12.4 Å². The third-order valence-electron chi connectivity index (χ3n) is 2.48. The minimum absolute atomic E-state index is 0.146. The maximum Gasteiger partial charge on any atom is 0.422 e. The molecule has 0 aliphatic rings. The molecule has 2 heterocycles. The summed E-state index contributed by atoms with van der Waals surface area (Å²) in [6, 6.07) is 3.75. The van der Waals surface area contributed by atoms with Crippen LogP contribution in [0.2, 0.25) is 0 Å². The molecule has 0 fully saturated rings. The lowest BCUT2D eigenvalue weighted by Gasteiger charge is -2.09. The molecular weight excluding hydrogens is 317 g/mol. The Labute approximate surface area is 128 Å². The molecule has 0 spiro atoms. The van der Waals surface area contributed by atoms with Crippen LogP contribution in [0, 0.1) is 6.92 Å². The molecule has 0 aliphatic heterocycles. The van der Waals surface area contributed by atoms with E-state index >= 15 is 0 Å². The lowest BCUT2D eigenvalue weighted by atomic mass is 10.4. The molecule has 0 aromatic carbocycles. The number of carbonyl (C=O) groups is 1. The number of urea groups is 1. The highest BCUT2D eigenvalue weighted by Gasteiger charge is 2.28. The van der Waals surface area contributed by atoms with Crippen molar-refractivity contribution >= 4 is 11.7 Å². The Bertz CT molecular complexity index is 655. The van der Waals surface area contributed by atoms with Gasteiger partial charge in [-0.05, 0) is 13.0 Å². The van der Waals surface area contributed by atoms with E-state index in [0.29, 0.717) is 17.1 Å². The average molecular weight is 330 g/mol. The van der Waals surface area contributed by atoms with Crippen LogP contribution < -0.4 is 15.4 Å². The van der Waals surface area contributed by atoms with Gasteiger partial charge in [0.25, 0.3) is 0 Å². The largest absolute Gasteiger partial charge is 0.468 e. The first-order valence-electron chi connectivity index (χ1n) is 6.44. The predicted molar refractivity (Wildman–Crippen MR) is 72.9 cm³/mol. The monoisotopic (exact) mass is 330 g/mol. The Morgan fingerprint density at radius 1 is 1.39 bits per heavy atom. The SMILES string of the molecule is Cc1cc(CNC(=O)Nc2ccc(OCC(F)(F)F)nc2)on1. The first-order chi connectivity index (χ1) is 10.8. The Morgan fingerprint density at radius 3 is 2.74 bits per heavy atom. The van der Waals surface area contributed by atoms with E-state index in [0.717, 1.165) is 0 Å². The number of aromatic nitrogens is 2. The van der Waals surface area contributed by atoms with Crippen LogP contribution in [0.5, 0.6) is 5.88 Å². The molecule has 2 aromatic rings. The zero-order valence-corrected chi connectivity index (χ0v) is 12.0. The van der Waals surface area contributed by atoms with E-state index in [1.54, 1.807) is 13.0 Å². The number of hydrogen-bond donors (Lipinski definition) is 2. The lowest BCUT2D eigenvalue weighted by molar-refractivity contribution is -0.154. The molecule has 10 heteroatoms. The summed E-state index contributed by atoms with van der Waals surface area (Å²) < 4.78 is 45.3. The summed E-state index contributed by atoms with van der Waals surface area (Å²) in [7, 11) is 0. The molecule has 2 aromatic heterocycles. The first kappa shape index (κ1) is 16.6. The van der Waals surface area contributed by atoms with E-state index in [9.17, 15) is 18.0 Å². The number of nitrogens with zero attached hydrogens (tertiary/aromatic N) is 2. The van der Waals surface area contributed by atoms with Gasteiger partial charge in [-0.25, -0.2) is 9.78 Å². The number of anilines is 1. The van der Waals surface area contributed by atoms with Crippen LogP contribution in [0.15, 0.2) is 28.9 Å². The van der Waals surface area contributed by atoms with Gasteiger partial charge in [-0.1, -0.05) is 5.16 Å². The topological polar surface area (TPSA) is 89.3 Å². The zero-order valence-electron chi connectivity index (χ0n) is 12.0. The first-order valence-corrected chi connectivity index (χ1v) is 6.44. The highest BCUT2D eigenvalue weighted by atomic mass is 19.4. The Hall–Kier alpha value is -2.78. The second-order valence-electron chi connectivity index (χ2n) is 4.53. The van der Waals surface area contributed by atoms with E-state index in [4.69, 9.17) is 4.52 Å². The number of pyridine rings is 1.